The van der Waals surface area contributed by atoms with Gasteiger partial charge in [0.05, 0.1) is 17.0 Å². The molecule has 5 nitrogen and oxygen atoms in total. The third-order valence-corrected chi connectivity index (χ3v) is 6.18. The minimum Gasteiger partial charge on any atom is -0.494 e. The lowest BCUT2D eigenvalue weighted by molar-refractivity contribution is 0.313. The van der Waals surface area contributed by atoms with E-state index in [1.807, 2.05) is 48.8 Å². The Bertz CT molecular complexity index is 990. The predicted octanol–water partition coefficient (Wildman–Crippen LogP) is 3.62. The summed E-state index contributed by atoms with van der Waals surface area (Å²) in [4.78, 5) is 0.646. The molecule has 1 aromatic carbocycles. The van der Waals surface area contributed by atoms with Gasteiger partial charge in [-0.25, -0.2) is 8.42 Å². The van der Waals surface area contributed by atoms with Crippen LogP contribution in [0.5, 0.6) is 5.75 Å². The monoisotopic (exact) mass is 372 g/mol. The fourth-order valence-corrected chi connectivity index (χ4v) is 4.71. The number of aromatic nitrogens is 1. The summed E-state index contributed by atoms with van der Waals surface area (Å²) in [6.07, 6.45) is 4.53. The third-order valence-electron chi connectivity index (χ3n) is 4.31. The SMILES string of the molecule is CC(C)c1cn2ccccc2c1S(=O)(=O)c1ccc(OCCCN)cc1. The number of fused-ring (bicyclic) bond motifs is 1. The molecule has 0 saturated carbocycles. The minimum atomic E-state index is -3.64. The first-order valence-corrected chi connectivity index (χ1v) is 10.2. The number of hydrogen-bond acceptors (Lipinski definition) is 4. The van der Waals surface area contributed by atoms with Crippen LogP contribution >= 0.6 is 0 Å². The molecule has 0 bridgehead atoms. The second kappa shape index (κ2) is 7.51. The van der Waals surface area contributed by atoms with Crippen molar-refractivity contribution in [3.05, 3.63) is 60.4 Å². The van der Waals surface area contributed by atoms with Crippen LogP contribution in [-0.2, 0) is 9.84 Å². The predicted molar refractivity (Wildman–Crippen MR) is 103 cm³/mol. The van der Waals surface area contributed by atoms with E-state index >= 15 is 0 Å². The van der Waals surface area contributed by atoms with E-state index in [-0.39, 0.29) is 10.8 Å². The van der Waals surface area contributed by atoms with Gasteiger partial charge in [0.15, 0.2) is 0 Å². The average Bonchev–Trinajstić information content (AvgIpc) is 3.03. The molecule has 0 fully saturated rings. The Kier molecular flexibility index (Phi) is 5.34. The van der Waals surface area contributed by atoms with Crippen molar-refractivity contribution in [2.24, 2.45) is 5.73 Å². The van der Waals surface area contributed by atoms with Crippen molar-refractivity contribution in [3.8, 4) is 5.75 Å². The molecule has 3 rings (SSSR count). The molecule has 2 aromatic heterocycles. The van der Waals surface area contributed by atoms with Gasteiger partial charge in [0.2, 0.25) is 9.84 Å². The van der Waals surface area contributed by atoms with Crippen molar-refractivity contribution >= 4 is 15.4 Å². The summed E-state index contributed by atoms with van der Waals surface area (Å²) < 4.78 is 34.1. The molecule has 0 spiro atoms. The summed E-state index contributed by atoms with van der Waals surface area (Å²) in [5.74, 6) is 0.738. The molecule has 0 amide bonds. The summed E-state index contributed by atoms with van der Waals surface area (Å²) in [6, 6.07) is 12.2. The van der Waals surface area contributed by atoms with Crippen molar-refractivity contribution < 1.29 is 13.2 Å². The average molecular weight is 372 g/mol. The van der Waals surface area contributed by atoms with Crippen LogP contribution in [0.2, 0.25) is 0 Å². The number of benzene rings is 1. The van der Waals surface area contributed by atoms with Gasteiger partial charge in [0.25, 0.3) is 0 Å². The Morgan fingerprint density at radius 2 is 1.85 bits per heavy atom. The first kappa shape index (κ1) is 18.5. The van der Waals surface area contributed by atoms with E-state index in [0.717, 1.165) is 12.0 Å². The van der Waals surface area contributed by atoms with Crippen LogP contribution in [0.4, 0.5) is 0 Å². The van der Waals surface area contributed by atoms with Crippen LogP contribution in [0.15, 0.2) is 64.6 Å². The highest BCUT2D eigenvalue weighted by molar-refractivity contribution is 7.91. The van der Waals surface area contributed by atoms with Crippen LogP contribution in [0.1, 0.15) is 31.7 Å². The Balaban J connectivity index is 2.03. The normalized spacial score (nSPS) is 12.0. The van der Waals surface area contributed by atoms with Gasteiger partial charge in [-0.05, 0) is 60.8 Å². The van der Waals surface area contributed by atoms with E-state index in [9.17, 15) is 8.42 Å². The molecule has 3 aromatic rings. The summed E-state index contributed by atoms with van der Waals surface area (Å²) >= 11 is 0. The number of nitrogens with zero attached hydrogens (tertiary/aromatic N) is 1. The summed E-state index contributed by atoms with van der Waals surface area (Å²) in [5, 5.41) is 0. The fourth-order valence-electron chi connectivity index (χ4n) is 2.93. The van der Waals surface area contributed by atoms with Gasteiger partial charge in [-0.2, -0.15) is 0 Å². The molecular weight excluding hydrogens is 348 g/mol. The zero-order valence-corrected chi connectivity index (χ0v) is 15.9. The number of sulfone groups is 1. The zero-order chi connectivity index (χ0) is 18.7. The van der Waals surface area contributed by atoms with Crippen molar-refractivity contribution in [2.45, 2.75) is 36.0 Å². The Labute approximate surface area is 154 Å². The van der Waals surface area contributed by atoms with Crippen molar-refractivity contribution in [1.29, 1.82) is 0 Å². The highest BCUT2D eigenvalue weighted by atomic mass is 32.2. The molecule has 138 valence electrons. The first-order valence-electron chi connectivity index (χ1n) is 8.72. The van der Waals surface area contributed by atoms with Crippen molar-refractivity contribution in [1.82, 2.24) is 4.40 Å². The number of ether oxygens (including phenoxy) is 1. The van der Waals surface area contributed by atoms with Gasteiger partial charge in [-0.1, -0.05) is 19.9 Å². The number of nitrogens with two attached hydrogens (primary N) is 1. The number of rotatable bonds is 7. The first-order chi connectivity index (χ1) is 12.4. The van der Waals surface area contributed by atoms with Crippen LogP contribution in [0, 0.1) is 0 Å². The Morgan fingerprint density at radius 3 is 2.50 bits per heavy atom. The van der Waals surface area contributed by atoms with Gasteiger partial charge in [-0.15, -0.1) is 0 Å². The van der Waals surface area contributed by atoms with Crippen LogP contribution < -0.4 is 10.5 Å². The Morgan fingerprint density at radius 1 is 1.12 bits per heavy atom. The van der Waals surface area contributed by atoms with Gasteiger partial charge >= 0.3 is 0 Å². The molecule has 2 N–H and O–H groups in total. The minimum absolute atomic E-state index is 0.0959. The van der Waals surface area contributed by atoms with Gasteiger partial charge in [0.1, 0.15) is 10.6 Å². The molecule has 0 unspecified atom stereocenters. The molecule has 0 aliphatic rings. The molecule has 2 heterocycles. The maximum atomic E-state index is 13.3. The topological polar surface area (TPSA) is 73.8 Å². The molecule has 0 aliphatic heterocycles. The fraction of sp³-hybridized carbons (Fsp3) is 0.300. The molecule has 26 heavy (non-hydrogen) atoms. The second-order valence-electron chi connectivity index (χ2n) is 6.53. The summed E-state index contributed by atoms with van der Waals surface area (Å²) in [5.41, 5.74) is 6.96. The van der Waals surface area contributed by atoms with Gasteiger partial charge in [-0.3, -0.25) is 0 Å². The van der Waals surface area contributed by atoms with Crippen LogP contribution in [0.3, 0.4) is 0 Å². The highest BCUT2D eigenvalue weighted by Gasteiger charge is 2.27. The molecule has 0 aliphatic carbocycles. The van der Waals surface area contributed by atoms with Crippen molar-refractivity contribution in [3.63, 3.8) is 0 Å². The van der Waals surface area contributed by atoms with Gasteiger partial charge < -0.3 is 14.9 Å². The quantitative estimate of drug-likeness (QED) is 0.643. The standard InChI is InChI=1S/C20H24N2O3S/c1-15(2)18-14-22-12-4-3-6-19(22)20(18)26(23,24)17-9-7-16(8-10-17)25-13-5-11-21/h3-4,6-10,12,14-15H,5,11,13,21H2,1-2H3. The zero-order valence-electron chi connectivity index (χ0n) is 15.1. The highest BCUT2D eigenvalue weighted by Crippen LogP contribution is 2.34. The van der Waals surface area contributed by atoms with Gasteiger partial charge in [0, 0.05) is 12.4 Å². The lowest BCUT2D eigenvalue weighted by Gasteiger charge is -2.10. The van der Waals surface area contributed by atoms with Crippen LogP contribution in [0.25, 0.3) is 5.52 Å². The lowest BCUT2D eigenvalue weighted by atomic mass is 10.1. The third kappa shape index (κ3) is 3.48. The molecule has 6 heteroatoms. The number of hydrogen-bond donors (Lipinski definition) is 1. The summed E-state index contributed by atoms with van der Waals surface area (Å²) in [6.45, 7) is 5.08. The Hall–Kier alpha value is -2.31. The maximum Gasteiger partial charge on any atom is 0.209 e. The maximum absolute atomic E-state index is 13.3. The lowest BCUT2D eigenvalue weighted by Crippen LogP contribution is -2.07. The molecule has 0 saturated heterocycles. The molecule has 0 atom stereocenters. The van der Waals surface area contributed by atoms with Crippen molar-refractivity contribution in [2.75, 3.05) is 13.2 Å². The second-order valence-corrected chi connectivity index (χ2v) is 8.41. The van der Waals surface area contributed by atoms with E-state index < -0.39 is 9.84 Å². The van der Waals surface area contributed by atoms with E-state index in [4.69, 9.17) is 10.5 Å². The number of pyridine rings is 1. The van der Waals surface area contributed by atoms with E-state index in [0.29, 0.717) is 29.3 Å². The van der Waals surface area contributed by atoms with E-state index in [1.165, 1.54) is 0 Å². The van der Waals surface area contributed by atoms with E-state index in [1.54, 1.807) is 24.3 Å². The smallest absolute Gasteiger partial charge is 0.209 e. The summed E-state index contributed by atoms with van der Waals surface area (Å²) in [7, 11) is -3.64. The molecule has 0 radical (unpaired) electrons. The van der Waals surface area contributed by atoms with E-state index in [2.05, 4.69) is 0 Å². The largest absolute Gasteiger partial charge is 0.494 e. The van der Waals surface area contributed by atoms with Crippen LogP contribution in [-0.4, -0.2) is 26.0 Å². The molecular formula is C20H24N2O3S.